The molecule has 3 aromatic carbocycles. The fourth-order valence-corrected chi connectivity index (χ4v) is 4.34. The lowest BCUT2D eigenvalue weighted by Gasteiger charge is -2.32. The number of nitrogens with one attached hydrogen (secondary N) is 1. The van der Waals surface area contributed by atoms with Crippen LogP contribution in [0.5, 0.6) is 0 Å². The molecule has 1 aliphatic rings. The van der Waals surface area contributed by atoms with Crippen molar-refractivity contribution >= 4 is 23.4 Å². The van der Waals surface area contributed by atoms with Crippen molar-refractivity contribution in [2.45, 2.75) is 38.0 Å². The van der Waals surface area contributed by atoms with E-state index in [4.69, 9.17) is 16.3 Å². The van der Waals surface area contributed by atoms with Crippen molar-refractivity contribution in [3.63, 3.8) is 0 Å². The Labute approximate surface area is 209 Å². The lowest BCUT2D eigenvalue weighted by atomic mass is 10.0. The Morgan fingerprint density at radius 3 is 2.34 bits per heavy atom. The van der Waals surface area contributed by atoms with Crippen molar-refractivity contribution in [3.05, 3.63) is 106 Å². The number of carbonyl (C=O) groups is 2. The first kappa shape index (κ1) is 24.9. The number of rotatable bonds is 9. The van der Waals surface area contributed by atoms with E-state index in [0.717, 1.165) is 24.0 Å². The number of carbonyl (C=O) groups excluding carboxylic acids is 2. The second kappa shape index (κ2) is 12.0. The maximum atomic E-state index is 13.7. The van der Waals surface area contributed by atoms with Gasteiger partial charge >= 0.3 is 0 Å². The van der Waals surface area contributed by atoms with Gasteiger partial charge in [-0.2, -0.15) is 0 Å². The van der Waals surface area contributed by atoms with E-state index >= 15 is 0 Å². The van der Waals surface area contributed by atoms with Gasteiger partial charge in [0.15, 0.2) is 0 Å². The molecule has 0 aromatic heterocycles. The third-order valence-electron chi connectivity index (χ3n) is 6.06. The minimum absolute atomic E-state index is 0.0225. The number of amides is 2. The number of hydrogen-bond donors (Lipinski definition) is 1. The average molecular weight is 495 g/mol. The Kier molecular flexibility index (Phi) is 8.50. The minimum Gasteiger partial charge on any atom is -0.376 e. The highest BCUT2D eigenvalue weighted by Crippen LogP contribution is 2.25. The summed E-state index contributed by atoms with van der Waals surface area (Å²) >= 11 is 6.00. The van der Waals surface area contributed by atoms with Crippen LogP contribution in [0.25, 0.3) is 0 Å². The maximum Gasteiger partial charge on any atom is 0.247 e. The molecule has 0 radical (unpaired) electrons. The fraction of sp³-hybridized carbons (Fsp3) is 0.286. The SMILES string of the molecule is O=C(NCC1CCCO1)C(c1ccccc1)N(Cc1ccc(F)cc1)C(=O)Cc1ccc(Cl)cc1. The van der Waals surface area contributed by atoms with Crippen LogP contribution >= 0.6 is 11.6 Å². The van der Waals surface area contributed by atoms with Crippen molar-refractivity contribution < 1.29 is 18.7 Å². The van der Waals surface area contributed by atoms with Gasteiger partial charge in [-0.05, 0) is 53.8 Å². The molecule has 35 heavy (non-hydrogen) atoms. The molecule has 1 N–H and O–H groups in total. The van der Waals surface area contributed by atoms with Gasteiger partial charge in [0.05, 0.1) is 12.5 Å². The highest BCUT2D eigenvalue weighted by Gasteiger charge is 2.32. The molecular formula is C28H28ClFN2O3. The van der Waals surface area contributed by atoms with Gasteiger partial charge in [0.2, 0.25) is 11.8 Å². The molecule has 1 fully saturated rings. The topological polar surface area (TPSA) is 58.6 Å². The number of nitrogens with zero attached hydrogens (tertiary/aromatic N) is 1. The fourth-order valence-electron chi connectivity index (χ4n) is 4.21. The van der Waals surface area contributed by atoms with Crippen LogP contribution < -0.4 is 5.32 Å². The first-order valence-corrected chi connectivity index (χ1v) is 12.1. The number of halogens is 2. The van der Waals surface area contributed by atoms with Crippen LogP contribution in [0.15, 0.2) is 78.9 Å². The van der Waals surface area contributed by atoms with Crippen LogP contribution in [0.3, 0.4) is 0 Å². The molecular weight excluding hydrogens is 467 g/mol. The Morgan fingerprint density at radius 1 is 1.00 bits per heavy atom. The Hall–Kier alpha value is -3.22. The van der Waals surface area contributed by atoms with Crippen LogP contribution in [0, 0.1) is 5.82 Å². The average Bonchev–Trinajstić information content (AvgIpc) is 3.39. The summed E-state index contributed by atoms with van der Waals surface area (Å²) in [5, 5.41) is 3.57. The molecule has 2 atom stereocenters. The van der Waals surface area contributed by atoms with Crippen molar-refractivity contribution in [2.24, 2.45) is 0 Å². The van der Waals surface area contributed by atoms with E-state index in [-0.39, 0.29) is 36.7 Å². The molecule has 1 saturated heterocycles. The second-order valence-corrected chi connectivity index (χ2v) is 9.08. The number of benzene rings is 3. The summed E-state index contributed by atoms with van der Waals surface area (Å²) in [6.07, 6.45) is 1.94. The molecule has 2 unspecified atom stereocenters. The van der Waals surface area contributed by atoms with Crippen LogP contribution in [0.4, 0.5) is 4.39 Å². The summed E-state index contributed by atoms with van der Waals surface area (Å²) in [5.74, 6) is -0.863. The molecule has 2 amide bonds. The van der Waals surface area contributed by atoms with Gasteiger partial charge in [-0.3, -0.25) is 9.59 Å². The quantitative estimate of drug-likeness (QED) is 0.451. The van der Waals surface area contributed by atoms with E-state index < -0.39 is 6.04 Å². The van der Waals surface area contributed by atoms with Gasteiger partial charge in [-0.15, -0.1) is 0 Å². The van der Waals surface area contributed by atoms with Crippen molar-refractivity contribution in [2.75, 3.05) is 13.2 Å². The lowest BCUT2D eigenvalue weighted by molar-refractivity contribution is -0.141. The number of hydrogen-bond acceptors (Lipinski definition) is 3. The Bertz CT molecular complexity index is 1120. The van der Waals surface area contributed by atoms with E-state index in [2.05, 4.69) is 5.32 Å². The van der Waals surface area contributed by atoms with Gasteiger partial charge in [0, 0.05) is 24.7 Å². The zero-order valence-corrected chi connectivity index (χ0v) is 20.1. The monoisotopic (exact) mass is 494 g/mol. The van der Waals surface area contributed by atoms with E-state index in [9.17, 15) is 14.0 Å². The molecule has 0 spiro atoms. The second-order valence-electron chi connectivity index (χ2n) is 8.64. The normalized spacial score (nSPS) is 16.0. The summed E-state index contributed by atoms with van der Waals surface area (Å²) in [4.78, 5) is 28.8. The largest absolute Gasteiger partial charge is 0.376 e. The zero-order chi connectivity index (χ0) is 24.6. The summed E-state index contributed by atoms with van der Waals surface area (Å²) < 4.78 is 19.2. The first-order valence-electron chi connectivity index (χ1n) is 11.7. The predicted octanol–water partition coefficient (Wildman–Crippen LogP) is 5.09. The molecule has 0 bridgehead atoms. The summed E-state index contributed by atoms with van der Waals surface area (Å²) in [7, 11) is 0. The highest BCUT2D eigenvalue weighted by molar-refractivity contribution is 6.30. The standard InChI is InChI=1S/C28H28ClFN2O3/c29-23-12-8-20(9-13-23)17-26(33)32(19-21-10-14-24(30)15-11-21)27(22-5-2-1-3-6-22)28(34)31-18-25-7-4-16-35-25/h1-3,5-6,8-15,25,27H,4,7,16-19H2,(H,31,34). The van der Waals surface area contributed by atoms with Gasteiger partial charge in [0.25, 0.3) is 0 Å². The Morgan fingerprint density at radius 2 is 1.69 bits per heavy atom. The van der Waals surface area contributed by atoms with Gasteiger partial charge in [-0.25, -0.2) is 4.39 Å². The molecule has 0 saturated carbocycles. The van der Waals surface area contributed by atoms with Crippen molar-refractivity contribution in [1.29, 1.82) is 0 Å². The first-order chi connectivity index (χ1) is 17.0. The molecule has 1 heterocycles. The molecule has 0 aliphatic carbocycles. The summed E-state index contributed by atoms with van der Waals surface area (Å²) in [6.45, 7) is 1.23. The van der Waals surface area contributed by atoms with Crippen LogP contribution in [-0.4, -0.2) is 36.0 Å². The van der Waals surface area contributed by atoms with Crippen LogP contribution in [-0.2, 0) is 27.3 Å². The minimum atomic E-state index is -0.859. The van der Waals surface area contributed by atoms with E-state index in [1.165, 1.54) is 12.1 Å². The third kappa shape index (κ3) is 6.90. The van der Waals surface area contributed by atoms with Crippen LogP contribution in [0.2, 0.25) is 5.02 Å². The number of ether oxygens (including phenoxy) is 1. The molecule has 4 rings (SSSR count). The van der Waals surface area contributed by atoms with Gasteiger partial charge in [-0.1, -0.05) is 66.2 Å². The Balaban J connectivity index is 1.64. The molecule has 7 heteroatoms. The molecule has 5 nitrogen and oxygen atoms in total. The smallest absolute Gasteiger partial charge is 0.247 e. The third-order valence-corrected chi connectivity index (χ3v) is 6.31. The molecule has 182 valence electrons. The van der Waals surface area contributed by atoms with Gasteiger partial charge in [0.1, 0.15) is 11.9 Å². The zero-order valence-electron chi connectivity index (χ0n) is 19.3. The molecule has 1 aliphatic heterocycles. The van der Waals surface area contributed by atoms with Crippen LogP contribution in [0.1, 0.15) is 35.6 Å². The summed E-state index contributed by atoms with van der Waals surface area (Å²) in [6, 6.07) is 21.4. The van der Waals surface area contributed by atoms with Crippen molar-refractivity contribution in [1.82, 2.24) is 10.2 Å². The van der Waals surface area contributed by atoms with Gasteiger partial charge < -0.3 is 15.0 Å². The van der Waals surface area contributed by atoms with Crippen molar-refractivity contribution in [3.8, 4) is 0 Å². The predicted molar refractivity (Wildman–Crippen MR) is 133 cm³/mol. The lowest BCUT2D eigenvalue weighted by Crippen LogP contribution is -2.45. The maximum absolute atomic E-state index is 13.7. The van der Waals surface area contributed by atoms with E-state index in [1.807, 2.05) is 30.3 Å². The highest BCUT2D eigenvalue weighted by atomic mass is 35.5. The van der Waals surface area contributed by atoms with E-state index in [1.54, 1.807) is 41.3 Å². The molecule has 3 aromatic rings. The van der Waals surface area contributed by atoms with E-state index in [0.29, 0.717) is 23.7 Å². The summed E-state index contributed by atoms with van der Waals surface area (Å²) in [5.41, 5.74) is 2.21.